The number of H-pyrrole nitrogens is 1. The van der Waals surface area contributed by atoms with Gasteiger partial charge in [-0.25, -0.2) is 14.5 Å². The first-order chi connectivity index (χ1) is 9.43. The van der Waals surface area contributed by atoms with Gasteiger partial charge in [0.25, 0.3) is 0 Å². The van der Waals surface area contributed by atoms with Gasteiger partial charge in [-0.05, 0) is 31.2 Å². The van der Waals surface area contributed by atoms with E-state index in [1.165, 1.54) is 12.1 Å². The maximum absolute atomic E-state index is 12.7. The molecule has 8 heteroatoms. The van der Waals surface area contributed by atoms with Crippen LogP contribution in [0.25, 0.3) is 5.69 Å². The Kier molecular flexibility index (Phi) is 3.93. The molecule has 0 aliphatic carbocycles. The van der Waals surface area contributed by atoms with Crippen molar-refractivity contribution in [3.63, 3.8) is 0 Å². The van der Waals surface area contributed by atoms with E-state index in [2.05, 4.69) is 10.2 Å². The first kappa shape index (κ1) is 14.3. The monoisotopic (exact) mass is 286 g/mol. The number of aromatic nitrogens is 3. The van der Waals surface area contributed by atoms with E-state index in [9.17, 15) is 18.0 Å². The molecule has 0 aliphatic heterocycles. The van der Waals surface area contributed by atoms with E-state index in [0.717, 1.165) is 16.7 Å². The predicted molar refractivity (Wildman–Crippen MR) is 66.6 cm³/mol. The van der Waals surface area contributed by atoms with Crippen LogP contribution < -0.4 is 11.4 Å². The molecule has 0 saturated heterocycles. The highest BCUT2D eigenvalue weighted by Gasteiger charge is 2.30. The zero-order chi connectivity index (χ0) is 14.8. The first-order valence-electron chi connectivity index (χ1n) is 5.97. The highest BCUT2D eigenvalue weighted by molar-refractivity contribution is 5.37. The lowest BCUT2D eigenvalue weighted by atomic mass is 10.2. The zero-order valence-corrected chi connectivity index (χ0v) is 10.4. The van der Waals surface area contributed by atoms with Crippen LogP contribution in [0.15, 0.2) is 29.1 Å². The Labute approximate surface area is 112 Å². The summed E-state index contributed by atoms with van der Waals surface area (Å²) in [6, 6.07) is 4.56. The summed E-state index contributed by atoms with van der Waals surface area (Å²) in [5, 5.41) is 6.05. The molecule has 5 nitrogen and oxygen atoms in total. The van der Waals surface area contributed by atoms with E-state index in [1.807, 2.05) is 0 Å². The van der Waals surface area contributed by atoms with Crippen LogP contribution in [0, 0.1) is 0 Å². The first-order valence-corrected chi connectivity index (χ1v) is 5.97. The fourth-order valence-corrected chi connectivity index (χ4v) is 1.85. The number of nitrogens with two attached hydrogens (primary N) is 1. The minimum atomic E-state index is -4.46. The summed E-state index contributed by atoms with van der Waals surface area (Å²) >= 11 is 0. The molecule has 1 heterocycles. The number of nitrogens with zero attached hydrogens (tertiary/aromatic N) is 2. The van der Waals surface area contributed by atoms with E-state index >= 15 is 0 Å². The molecule has 0 aliphatic rings. The maximum atomic E-state index is 12.7. The van der Waals surface area contributed by atoms with Crippen LogP contribution in [0.3, 0.4) is 0 Å². The van der Waals surface area contributed by atoms with Gasteiger partial charge in [0.05, 0.1) is 11.3 Å². The molecule has 1 aromatic heterocycles. The molecule has 2 rings (SSSR count). The normalized spacial score (nSPS) is 11.8. The van der Waals surface area contributed by atoms with Gasteiger partial charge < -0.3 is 5.73 Å². The van der Waals surface area contributed by atoms with Gasteiger partial charge in [0.2, 0.25) is 0 Å². The SMILES string of the molecule is NCCCc1n[nH]c(=O)n1-c1cccc(C(F)(F)F)c1. The van der Waals surface area contributed by atoms with Gasteiger partial charge in [-0.15, -0.1) is 0 Å². The number of aromatic amines is 1. The van der Waals surface area contributed by atoms with Crippen LogP contribution in [0.2, 0.25) is 0 Å². The third-order valence-corrected chi connectivity index (χ3v) is 2.78. The number of halogens is 3. The lowest BCUT2D eigenvalue weighted by Crippen LogP contribution is -2.18. The Morgan fingerprint density at radius 2 is 2.10 bits per heavy atom. The summed E-state index contributed by atoms with van der Waals surface area (Å²) in [5.74, 6) is 0.361. The molecule has 0 fully saturated rings. The lowest BCUT2D eigenvalue weighted by molar-refractivity contribution is -0.137. The minimum Gasteiger partial charge on any atom is -0.330 e. The van der Waals surface area contributed by atoms with Crippen LogP contribution in [0.5, 0.6) is 0 Å². The Bertz CT molecular complexity index is 645. The van der Waals surface area contributed by atoms with E-state index in [4.69, 9.17) is 5.73 Å². The molecule has 0 spiro atoms. The van der Waals surface area contributed by atoms with Crippen LogP contribution in [-0.4, -0.2) is 21.3 Å². The van der Waals surface area contributed by atoms with E-state index in [-0.39, 0.29) is 5.69 Å². The van der Waals surface area contributed by atoms with Gasteiger partial charge in [-0.1, -0.05) is 6.07 Å². The minimum absolute atomic E-state index is 0.130. The Morgan fingerprint density at radius 1 is 1.35 bits per heavy atom. The molecule has 2 aromatic rings. The number of hydrogen-bond acceptors (Lipinski definition) is 3. The standard InChI is InChI=1S/C12H13F3N4O/c13-12(14,15)8-3-1-4-9(7-8)19-10(5-2-6-16)17-18-11(19)20/h1,3-4,7H,2,5-6,16H2,(H,18,20). The van der Waals surface area contributed by atoms with Gasteiger partial charge >= 0.3 is 11.9 Å². The highest BCUT2D eigenvalue weighted by atomic mass is 19.4. The van der Waals surface area contributed by atoms with Crippen molar-refractivity contribution < 1.29 is 13.2 Å². The van der Waals surface area contributed by atoms with Crippen LogP contribution in [-0.2, 0) is 12.6 Å². The number of nitrogens with one attached hydrogen (secondary N) is 1. The maximum Gasteiger partial charge on any atom is 0.416 e. The van der Waals surface area contributed by atoms with Crippen molar-refractivity contribution in [3.05, 3.63) is 46.1 Å². The smallest absolute Gasteiger partial charge is 0.330 e. The molecule has 0 radical (unpaired) electrons. The molecule has 0 bridgehead atoms. The summed E-state index contributed by atoms with van der Waals surface area (Å²) in [6.45, 7) is 0.406. The Hall–Kier alpha value is -2.09. The van der Waals surface area contributed by atoms with Gasteiger partial charge in [0, 0.05) is 6.42 Å². The topological polar surface area (TPSA) is 76.7 Å². The molecule has 0 amide bonds. The van der Waals surface area contributed by atoms with Crippen molar-refractivity contribution in [2.45, 2.75) is 19.0 Å². The molecule has 0 atom stereocenters. The third-order valence-electron chi connectivity index (χ3n) is 2.78. The van der Waals surface area contributed by atoms with Crippen LogP contribution >= 0.6 is 0 Å². The number of rotatable bonds is 4. The zero-order valence-electron chi connectivity index (χ0n) is 10.4. The Balaban J connectivity index is 2.46. The van der Waals surface area contributed by atoms with Crippen molar-refractivity contribution in [1.82, 2.24) is 14.8 Å². The van der Waals surface area contributed by atoms with Crippen molar-refractivity contribution in [3.8, 4) is 5.69 Å². The fraction of sp³-hybridized carbons (Fsp3) is 0.333. The van der Waals surface area contributed by atoms with Crippen molar-refractivity contribution in [2.75, 3.05) is 6.54 Å². The van der Waals surface area contributed by atoms with E-state index in [0.29, 0.717) is 25.2 Å². The lowest BCUT2D eigenvalue weighted by Gasteiger charge is -2.10. The van der Waals surface area contributed by atoms with Crippen LogP contribution in [0.4, 0.5) is 13.2 Å². The summed E-state index contributed by atoms with van der Waals surface area (Å²) < 4.78 is 39.2. The summed E-state index contributed by atoms with van der Waals surface area (Å²) in [7, 11) is 0. The summed E-state index contributed by atoms with van der Waals surface area (Å²) in [6.07, 6.45) is -3.46. The second-order valence-electron chi connectivity index (χ2n) is 4.22. The largest absolute Gasteiger partial charge is 0.416 e. The second-order valence-corrected chi connectivity index (χ2v) is 4.22. The average molecular weight is 286 g/mol. The molecular formula is C12H13F3N4O. The quantitative estimate of drug-likeness (QED) is 0.893. The predicted octanol–water partition coefficient (Wildman–Crippen LogP) is 1.47. The fourth-order valence-electron chi connectivity index (χ4n) is 1.85. The summed E-state index contributed by atoms with van der Waals surface area (Å²) in [5.41, 5.74) is 4.12. The number of alkyl halides is 3. The molecule has 3 N–H and O–H groups in total. The van der Waals surface area contributed by atoms with Crippen molar-refractivity contribution >= 4 is 0 Å². The third kappa shape index (κ3) is 2.90. The second kappa shape index (κ2) is 5.49. The van der Waals surface area contributed by atoms with Crippen molar-refractivity contribution in [1.29, 1.82) is 0 Å². The van der Waals surface area contributed by atoms with Crippen LogP contribution in [0.1, 0.15) is 17.8 Å². The van der Waals surface area contributed by atoms with Gasteiger partial charge in [0.1, 0.15) is 5.82 Å². The average Bonchev–Trinajstić information content (AvgIpc) is 2.76. The molecule has 1 aromatic carbocycles. The number of benzene rings is 1. The molecule has 108 valence electrons. The highest BCUT2D eigenvalue weighted by Crippen LogP contribution is 2.30. The number of aryl methyl sites for hydroxylation is 1. The van der Waals surface area contributed by atoms with Gasteiger partial charge in [0.15, 0.2) is 0 Å². The molecule has 0 saturated carbocycles. The molecule has 20 heavy (non-hydrogen) atoms. The van der Waals surface area contributed by atoms with E-state index in [1.54, 1.807) is 0 Å². The number of hydrogen-bond donors (Lipinski definition) is 2. The Morgan fingerprint density at radius 3 is 2.75 bits per heavy atom. The molecule has 0 unspecified atom stereocenters. The van der Waals surface area contributed by atoms with Gasteiger partial charge in [-0.3, -0.25) is 0 Å². The summed E-state index contributed by atoms with van der Waals surface area (Å²) in [4.78, 5) is 11.7. The van der Waals surface area contributed by atoms with E-state index < -0.39 is 17.4 Å². The van der Waals surface area contributed by atoms with Gasteiger partial charge in [-0.2, -0.15) is 18.3 Å². The molecular weight excluding hydrogens is 273 g/mol. The van der Waals surface area contributed by atoms with Crippen molar-refractivity contribution in [2.24, 2.45) is 5.73 Å².